The smallest absolute Gasteiger partial charge is 0.411 e. The van der Waals surface area contributed by atoms with Crippen molar-refractivity contribution in [3.8, 4) is 28.1 Å². The first-order valence-corrected chi connectivity index (χ1v) is 13.6. The number of aryl methyl sites for hydroxylation is 3. The molecule has 42 heavy (non-hydrogen) atoms. The second-order valence-corrected chi connectivity index (χ2v) is 10.3. The van der Waals surface area contributed by atoms with Gasteiger partial charge in [-0.3, -0.25) is 9.69 Å². The molecule has 0 unspecified atom stereocenters. The number of anilines is 1. The van der Waals surface area contributed by atoms with E-state index >= 15 is 0 Å². The average molecular weight is 567 g/mol. The van der Waals surface area contributed by atoms with Gasteiger partial charge in [0.25, 0.3) is 5.56 Å². The Morgan fingerprint density at radius 1 is 1.12 bits per heavy atom. The van der Waals surface area contributed by atoms with Crippen molar-refractivity contribution in [2.24, 2.45) is 0 Å². The number of carbonyl (C=O) groups is 1. The topological polar surface area (TPSA) is 144 Å². The first kappa shape index (κ1) is 27.1. The van der Waals surface area contributed by atoms with Crippen molar-refractivity contribution < 1.29 is 14.6 Å². The van der Waals surface area contributed by atoms with Crippen LogP contribution in [0, 0.1) is 13.8 Å². The van der Waals surface area contributed by atoms with Crippen molar-refractivity contribution in [2.75, 3.05) is 25.2 Å². The Kier molecular flexibility index (Phi) is 7.13. The second-order valence-electron chi connectivity index (χ2n) is 10.3. The molecule has 214 valence electrons. The van der Waals surface area contributed by atoms with E-state index in [1.165, 1.54) is 12.0 Å². The molecule has 1 aliphatic heterocycles. The summed E-state index contributed by atoms with van der Waals surface area (Å²) in [6.45, 7) is 4.49. The Labute approximate surface area is 241 Å². The maximum Gasteiger partial charge on any atom is 0.411 e. The fraction of sp³-hybridized carbons (Fsp3) is 0.267. The Bertz CT molecular complexity index is 1810. The summed E-state index contributed by atoms with van der Waals surface area (Å²) in [4.78, 5) is 34.8. The van der Waals surface area contributed by atoms with E-state index in [0.717, 1.165) is 63.7 Å². The molecule has 6 rings (SSSR count). The zero-order valence-electron chi connectivity index (χ0n) is 23.5. The van der Waals surface area contributed by atoms with Gasteiger partial charge in [0.1, 0.15) is 12.2 Å². The summed E-state index contributed by atoms with van der Waals surface area (Å²) >= 11 is 0. The molecule has 0 aliphatic carbocycles. The number of benzene rings is 2. The average Bonchev–Trinajstić information content (AvgIpc) is 3.74. The van der Waals surface area contributed by atoms with Gasteiger partial charge in [0.2, 0.25) is 0 Å². The molecule has 1 atom stereocenters. The van der Waals surface area contributed by atoms with Crippen molar-refractivity contribution >= 4 is 11.8 Å². The molecule has 1 amide bonds. The van der Waals surface area contributed by atoms with E-state index < -0.39 is 6.09 Å². The molecule has 2 aromatic carbocycles. The number of rotatable bonds is 8. The third-order valence-electron chi connectivity index (χ3n) is 7.61. The van der Waals surface area contributed by atoms with Crippen molar-refractivity contribution in [1.82, 2.24) is 34.7 Å². The summed E-state index contributed by atoms with van der Waals surface area (Å²) in [5.41, 5.74) is 7.45. The van der Waals surface area contributed by atoms with Crippen LogP contribution in [-0.2, 0) is 11.2 Å². The normalized spacial score (nSPS) is 14.2. The van der Waals surface area contributed by atoms with Gasteiger partial charge in [-0.25, -0.2) is 9.78 Å². The maximum absolute atomic E-state index is 13.6. The largest absolute Gasteiger partial charge is 0.465 e. The quantitative estimate of drug-likeness (QED) is 0.285. The lowest BCUT2D eigenvalue weighted by Gasteiger charge is -2.19. The van der Waals surface area contributed by atoms with Crippen LogP contribution in [0.25, 0.3) is 28.1 Å². The van der Waals surface area contributed by atoms with Gasteiger partial charge in [-0.2, -0.15) is 4.68 Å². The van der Waals surface area contributed by atoms with E-state index in [2.05, 4.69) is 26.6 Å². The van der Waals surface area contributed by atoms with Crippen LogP contribution in [-0.4, -0.2) is 66.2 Å². The molecule has 0 spiro atoms. The van der Waals surface area contributed by atoms with Crippen molar-refractivity contribution in [2.45, 2.75) is 32.7 Å². The lowest BCUT2D eigenvalue weighted by Crippen LogP contribution is -2.32. The lowest BCUT2D eigenvalue weighted by atomic mass is 10.0. The van der Waals surface area contributed by atoms with Gasteiger partial charge >= 0.3 is 6.09 Å². The summed E-state index contributed by atoms with van der Waals surface area (Å²) in [5, 5.41) is 21.1. The number of imidazole rings is 1. The molecule has 3 aromatic heterocycles. The monoisotopic (exact) mass is 566 g/mol. The third kappa shape index (κ3) is 4.96. The first-order valence-electron chi connectivity index (χ1n) is 13.6. The summed E-state index contributed by atoms with van der Waals surface area (Å²) in [7, 11) is 1.54. The molecule has 2 N–H and O–H groups in total. The highest BCUT2D eigenvalue weighted by Gasteiger charge is 2.29. The van der Waals surface area contributed by atoms with Crippen LogP contribution < -0.4 is 10.5 Å². The van der Waals surface area contributed by atoms with Crippen molar-refractivity contribution in [3.63, 3.8) is 0 Å². The number of aromatic amines is 1. The van der Waals surface area contributed by atoms with Gasteiger partial charge in [-0.05, 0) is 73.0 Å². The molecule has 4 heterocycles. The van der Waals surface area contributed by atoms with E-state index in [4.69, 9.17) is 9.72 Å². The molecule has 0 bridgehead atoms. The van der Waals surface area contributed by atoms with Gasteiger partial charge < -0.3 is 19.4 Å². The van der Waals surface area contributed by atoms with Gasteiger partial charge in [0, 0.05) is 41.4 Å². The number of H-pyrrole nitrogens is 1. The number of hydrogen-bond acceptors (Lipinski definition) is 7. The summed E-state index contributed by atoms with van der Waals surface area (Å²) in [5.74, 6) is 0.720. The Morgan fingerprint density at radius 2 is 1.93 bits per heavy atom. The van der Waals surface area contributed by atoms with Crippen LogP contribution in [0.1, 0.15) is 35.2 Å². The number of pyridine rings is 1. The highest BCUT2D eigenvalue weighted by molar-refractivity contribution is 5.86. The van der Waals surface area contributed by atoms with E-state index in [0.29, 0.717) is 12.3 Å². The van der Waals surface area contributed by atoms with E-state index in [1.807, 2.05) is 48.7 Å². The Hall–Kier alpha value is -5.10. The molecular formula is C30H30N8O4. The number of aromatic nitrogens is 7. The molecule has 0 saturated heterocycles. The van der Waals surface area contributed by atoms with Crippen LogP contribution in [0.2, 0.25) is 0 Å². The predicted molar refractivity (Wildman–Crippen MR) is 156 cm³/mol. The zero-order chi connectivity index (χ0) is 29.4. The van der Waals surface area contributed by atoms with Gasteiger partial charge in [-0.15, -0.1) is 5.10 Å². The van der Waals surface area contributed by atoms with Crippen LogP contribution in [0.5, 0.6) is 0 Å². The minimum absolute atomic E-state index is 0.0982. The SMILES string of the molecule is COCCN(C(=O)O)c1ccc(-c2nc([C@@H]3CCc4cc(-c5cc(C)ccc5-n5cnnn5)cc(=O)n43)[nH]c2C)cc1. The summed E-state index contributed by atoms with van der Waals surface area (Å²) in [6.07, 6.45) is 1.97. The molecule has 0 saturated carbocycles. The fourth-order valence-corrected chi connectivity index (χ4v) is 5.60. The maximum atomic E-state index is 13.6. The first-order chi connectivity index (χ1) is 20.3. The highest BCUT2D eigenvalue weighted by Crippen LogP contribution is 2.35. The Morgan fingerprint density at radius 3 is 2.64 bits per heavy atom. The fourth-order valence-electron chi connectivity index (χ4n) is 5.60. The second kappa shape index (κ2) is 11.1. The molecule has 12 nitrogen and oxygen atoms in total. The lowest BCUT2D eigenvalue weighted by molar-refractivity contribution is 0.186. The minimum Gasteiger partial charge on any atom is -0.465 e. The number of nitrogens with zero attached hydrogens (tertiary/aromatic N) is 7. The van der Waals surface area contributed by atoms with Gasteiger partial charge in [0.05, 0.1) is 30.6 Å². The molecular weight excluding hydrogens is 536 g/mol. The summed E-state index contributed by atoms with van der Waals surface area (Å²) < 4.78 is 8.46. The predicted octanol–water partition coefficient (Wildman–Crippen LogP) is 4.16. The molecule has 5 aromatic rings. The van der Waals surface area contributed by atoms with Crippen LogP contribution in [0.15, 0.2) is 65.7 Å². The number of fused-ring (bicyclic) bond motifs is 1. The molecule has 1 aliphatic rings. The van der Waals surface area contributed by atoms with E-state index in [-0.39, 0.29) is 18.1 Å². The zero-order valence-corrected chi connectivity index (χ0v) is 23.5. The molecule has 0 fully saturated rings. The van der Waals surface area contributed by atoms with Crippen LogP contribution >= 0.6 is 0 Å². The summed E-state index contributed by atoms with van der Waals surface area (Å²) in [6, 6.07) is 16.7. The molecule has 12 heteroatoms. The minimum atomic E-state index is -1.04. The number of methoxy groups -OCH3 is 1. The van der Waals surface area contributed by atoms with Gasteiger partial charge in [0.15, 0.2) is 0 Å². The number of hydrogen-bond donors (Lipinski definition) is 2. The molecule has 0 radical (unpaired) electrons. The van der Waals surface area contributed by atoms with E-state index in [9.17, 15) is 14.7 Å². The number of ether oxygens (including phenoxy) is 1. The van der Waals surface area contributed by atoms with Crippen molar-refractivity contribution in [1.29, 1.82) is 0 Å². The Balaban J connectivity index is 1.31. The van der Waals surface area contributed by atoms with Gasteiger partial charge in [-0.1, -0.05) is 23.8 Å². The highest BCUT2D eigenvalue weighted by atomic mass is 16.5. The number of amides is 1. The number of nitrogens with one attached hydrogen (secondary N) is 1. The third-order valence-corrected chi connectivity index (χ3v) is 7.61. The van der Waals surface area contributed by atoms with Crippen molar-refractivity contribution in [3.05, 3.63) is 94.1 Å². The van der Waals surface area contributed by atoms with Crippen LogP contribution in [0.4, 0.5) is 10.5 Å². The van der Waals surface area contributed by atoms with E-state index in [1.54, 1.807) is 29.2 Å². The number of tetrazole rings is 1. The standard InChI is InChI=1S/C30H30N8O4/c1-18-4-10-25(37-17-31-34-35-37)24(14-18)21-15-23-9-11-26(38(23)27(39)16-21)29-32-19(2)28(33-29)20-5-7-22(8-6-20)36(30(40)41)12-13-42-3/h4-8,10,14-17,26H,9,11-13H2,1-3H3,(H,32,33)(H,40,41)/t26-/m0/s1. The number of carboxylic acid groups (broad SMARTS) is 1. The van der Waals surface area contributed by atoms with Crippen LogP contribution in [0.3, 0.4) is 0 Å².